The Hall–Kier alpha value is -3.19. The van der Waals surface area contributed by atoms with Gasteiger partial charge in [0.1, 0.15) is 6.04 Å². The van der Waals surface area contributed by atoms with E-state index in [2.05, 4.69) is 10.2 Å². The molecular weight excluding hydrogens is 368 g/mol. The number of carbonyl (C=O) groups is 3. The summed E-state index contributed by atoms with van der Waals surface area (Å²) in [5.74, 6) is -0.823. The van der Waals surface area contributed by atoms with E-state index in [-0.39, 0.29) is 18.2 Å². The van der Waals surface area contributed by atoms with E-state index in [0.717, 1.165) is 16.8 Å². The lowest BCUT2D eigenvalue weighted by atomic mass is 10.0. The molecule has 0 radical (unpaired) electrons. The third-order valence-corrected chi connectivity index (χ3v) is 5.56. The summed E-state index contributed by atoms with van der Waals surface area (Å²) in [6, 6.07) is 15.1. The number of nitrogens with zero attached hydrogens (tertiary/aromatic N) is 2. The number of imide groups is 1. The van der Waals surface area contributed by atoms with Crippen molar-refractivity contribution in [1.29, 1.82) is 0 Å². The normalized spacial score (nSPS) is 18.6. The van der Waals surface area contributed by atoms with Crippen molar-refractivity contribution in [3.63, 3.8) is 0 Å². The van der Waals surface area contributed by atoms with Gasteiger partial charge in [-0.15, -0.1) is 0 Å². The molecule has 0 aromatic heterocycles. The monoisotopic (exact) mass is 392 g/mol. The van der Waals surface area contributed by atoms with Gasteiger partial charge in [-0.3, -0.25) is 19.7 Å². The van der Waals surface area contributed by atoms with Crippen LogP contribution in [0, 0.1) is 0 Å². The molecule has 2 aromatic rings. The molecule has 0 saturated carbocycles. The Morgan fingerprint density at radius 3 is 2.59 bits per heavy atom. The fourth-order valence-corrected chi connectivity index (χ4v) is 4.10. The number of anilines is 1. The lowest BCUT2D eigenvalue weighted by molar-refractivity contribution is -0.136. The van der Waals surface area contributed by atoms with Crippen LogP contribution >= 0.6 is 0 Å². The molecule has 1 unspecified atom stereocenters. The molecular formula is C22H24N4O3. The van der Waals surface area contributed by atoms with Crippen LogP contribution in [0.1, 0.15) is 34.3 Å². The molecule has 29 heavy (non-hydrogen) atoms. The molecule has 0 spiro atoms. The SMILES string of the molecule is NCCN(Cc1cccc2c1CN(C1CCC(=O)NC1=O)C2=O)c1ccccc1. The van der Waals surface area contributed by atoms with Crippen molar-refractivity contribution >= 4 is 23.4 Å². The predicted molar refractivity (Wildman–Crippen MR) is 109 cm³/mol. The Kier molecular flexibility index (Phi) is 5.31. The van der Waals surface area contributed by atoms with Crippen molar-refractivity contribution in [3.8, 4) is 0 Å². The minimum absolute atomic E-state index is 0.151. The van der Waals surface area contributed by atoms with E-state index in [0.29, 0.717) is 38.2 Å². The van der Waals surface area contributed by atoms with Crippen LogP contribution < -0.4 is 16.0 Å². The van der Waals surface area contributed by atoms with E-state index in [9.17, 15) is 14.4 Å². The number of nitrogens with one attached hydrogen (secondary N) is 1. The number of nitrogens with two attached hydrogens (primary N) is 1. The molecule has 2 aliphatic heterocycles. The smallest absolute Gasteiger partial charge is 0.255 e. The minimum atomic E-state index is -0.602. The molecule has 0 bridgehead atoms. The summed E-state index contributed by atoms with van der Waals surface area (Å²) in [7, 11) is 0. The van der Waals surface area contributed by atoms with Crippen molar-refractivity contribution in [2.75, 3.05) is 18.0 Å². The van der Waals surface area contributed by atoms with Gasteiger partial charge in [0.2, 0.25) is 11.8 Å². The second-order valence-electron chi connectivity index (χ2n) is 7.39. The second-order valence-corrected chi connectivity index (χ2v) is 7.39. The Bertz CT molecular complexity index is 944. The fraction of sp³-hybridized carbons (Fsp3) is 0.318. The predicted octanol–water partition coefficient (Wildman–Crippen LogP) is 1.41. The number of piperidine rings is 1. The number of fused-ring (bicyclic) bond motifs is 1. The van der Waals surface area contributed by atoms with Gasteiger partial charge in [-0.2, -0.15) is 0 Å². The highest BCUT2D eigenvalue weighted by Gasteiger charge is 2.39. The van der Waals surface area contributed by atoms with Gasteiger partial charge in [0.25, 0.3) is 5.91 Å². The zero-order valence-corrected chi connectivity index (χ0v) is 16.1. The summed E-state index contributed by atoms with van der Waals surface area (Å²) >= 11 is 0. The summed E-state index contributed by atoms with van der Waals surface area (Å²) in [6.45, 7) is 2.21. The number of hydrogen-bond donors (Lipinski definition) is 2. The highest BCUT2D eigenvalue weighted by atomic mass is 16.2. The van der Waals surface area contributed by atoms with Gasteiger partial charge < -0.3 is 15.5 Å². The van der Waals surface area contributed by atoms with Gasteiger partial charge in [-0.1, -0.05) is 30.3 Å². The lowest BCUT2D eigenvalue weighted by Gasteiger charge is -2.29. The Labute approximate surface area is 169 Å². The van der Waals surface area contributed by atoms with Crippen molar-refractivity contribution in [3.05, 3.63) is 65.2 Å². The molecule has 3 N–H and O–H groups in total. The third kappa shape index (κ3) is 3.73. The van der Waals surface area contributed by atoms with Crippen molar-refractivity contribution in [2.24, 2.45) is 5.73 Å². The van der Waals surface area contributed by atoms with Gasteiger partial charge in [0.05, 0.1) is 0 Å². The highest BCUT2D eigenvalue weighted by molar-refractivity contribution is 6.05. The number of benzene rings is 2. The number of carbonyl (C=O) groups excluding carboxylic acids is 3. The highest BCUT2D eigenvalue weighted by Crippen LogP contribution is 2.31. The maximum Gasteiger partial charge on any atom is 0.255 e. The average Bonchev–Trinajstić information content (AvgIpc) is 3.06. The van der Waals surface area contributed by atoms with Gasteiger partial charge in [0.15, 0.2) is 0 Å². The van der Waals surface area contributed by atoms with Crippen molar-refractivity contribution < 1.29 is 14.4 Å². The first-order chi connectivity index (χ1) is 14.1. The average molecular weight is 392 g/mol. The fourth-order valence-electron chi connectivity index (χ4n) is 4.10. The van der Waals surface area contributed by atoms with Crippen LogP contribution in [-0.2, 0) is 22.7 Å². The largest absolute Gasteiger partial charge is 0.366 e. The molecule has 1 fully saturated rings. The number of hydrogen-bond acceptors (Lipinski definition) is 5. The molecule has 0 aliphatic carbocycles. The summed E-state index contributed by atoms with van der Waals surface area (Å²) in [5.41, 5.74) is 9.52. The Morgan fingerprint density at radius 1 is 1.07 bits per heavy atom. The summed E-state index contributed by atoms with van der Waals surface area (Å²) in [4.78, 5) is 40.5. The van der Waals surface area contributed by atoms with Crippen LogP contribution in [0.5, 0.6) is 0 Å². The second kappa shape index (κ2) is 8.05. The maximum atomic E-state index is 13.0. The Morgan fingerprint density at radius 2 is 1.86 bits per heavy atom. The van der Waals surface area contributed by atoms with Crippen molar-refractivity contribution in [1.82, 2.24) is 10.2 Å². The minimum Gasteiger partial charge on any atom is -0.366 e. The standard InChI is InChI=1S/C22H24N4O3/c23-11-12-25(16-6-2-1-3-7-16)13-15-5-4-8-17-18(15)14-26(22(17)29)19-9-10-20(27)24-21(19)28/h1-8,19H,9-14,23H2,(H,24,27,28). The Balaban J connectivity index is 1.59. The van der Waals surface area contributed by atoms with Crippen molar-refractivity contribution in [2.45, 2.75) is 32.0 Å². The van der Waals surface area contributed by atoms with Crippen LogP contribution in [0.4, 0.5) is 5.69 Å². The maximum absolute atomic E-state index is 13.0. The summed E-state index contributed by atoms with van der Waals surface area (Å²) in [5, 5.41) is 2.34. The van der Waals surface area contributed by atoms with E-state index in [1.54, 1.807) is 4.90 Å². The van der Waals surface area contributed by atoms with Gasteiger partial charge in [0, 0.05) is 43.9 Å². The zero-order valence-electron chi connectivity index (χ0n) is 16.1. The number of rotatable bonds is 6. The topological polar surface area (TPSA) is 95.7 Å². The third-order valence-electron chi connectivity index (χ3n) is 5.56. The zero-order chi connectivity index (χ0) is 20.4. The molecule has 2 aromatic carbocycles. The number of para-hydroxylation sites is 1. The summed E-state index contributed by atoms with van der Waals surface area (Å²) in [6.07, 6.45) is 0.616. The van der Waals surface area contributed by atoms with Crippen LogP contribution in [0.2, 0.25) is 0 Å². The van der Waals surface area contributed by atoms with Crippen LogP contribution in [0.25, 0.3) is 0 Å². The van der Waals surface area contributed by atoms with E-state index in [1.165, 1.54) is 0 Å². The van der Waals surface area contributed by atoms with E-state index < -0.39 is 11.9 Å². The molecule has 150 valence electrons. The first-order valence-corrected chi connectivity index (χ1v) is 9.84. The molecule has 7 heteroatoms. The molecule has 1 saturated heterocycles. The van der Waals surface area contributed by atoms with Gasteiger partial charge >= 0.3 is 0 Å². The van der Waals surface area contributed by atoms with Gasteiger partial charge in [-0.25, -0.2) is 0 Å². The van der Waals surface area contributed by atoms with Crippen LogP contribution in [-0.4, -0.2) is 41.8 Å². The molecule has 7 nitrogen and oxygen atoms in total. The van der Waals surface area contributed by atoms with Gasteiger partial charge in [-0.05, 0) is 35.7 Å². The van der Waals surface area contributed by atoms with E-state index in [1.807, 2.05) is 48.5 Å². The molecule has 1 atom stereocenters. The molecule has 3 amide bonds. The first-order valence-electron chi connectivity index (χ1n) is 9.84. The molecule has 2 heterocycles. The molecule has 2 aliphatic rings. The van der Waals surface area contributed by atoms with Crippen LogP contribution in [0.3, 0.4) is 0 Å². The number of amides is 3. The lowest BCUT2D eigenvalue weighted by Crippen LogP contribution is -2.52. The quantitative estimate of drug-likeness (QED) is 0.725. The van der Waals surface area contributed by atoms with E-state index >= 15 is 0 Å². The van der Waals surface area contributed by atoms with E-state index in [4.69, 9.17) is 5.73 Å². The van der Waals surface area contributed by atoms with Crippen LogP contribution in [0.15, 0.2) is 48.5 Å². The summed E-state index contributed by atoms with van der Waals surface area (Å²) < 4.78 is 0. The first kappa shape index (κ1) is 19.1. The molecule has 4 rings (SSSR count).